The number of nitrogens with one attached hydrogen (secondary N) is 1. The third kappa shape index (κ3) is 7.10. The molecule has 2 N–H and O–H groups in total. The first-order valence-corrected chi connectivity index (χ1v) is 7.01. The summed E-state index contributed by atoms with van der Waals surface area (Å²) >= 11 is 1.28. The summed E-state index contributed by atoms with van der Waals surface area (Å²) in [4.78, 5) is 22.1. The minimum atomic E-state index is -1.04. The van der Waals surface area contributed by atoms with Gasteiger partial charge in [-0.1, -0.05) is 12.1 Å². The lowest BCUT2D eigenvalue weighted by atomic mass is 10.3. The van der Waals surface area contributed by atoms with Gasteiger partial charge < -0.3 is 15.2 Å². The largest absolute Gasteiger partial charge is 0.480 e. The van der Waals surface area contributed by atoms with Crippen molar-refractivity contribution >= 4 is 23.6 Å². The molecule has 0 spiro atoms. The normalized spacial score (nSPS) is 10.2. The van der Waals surface area contributed by atoms with Crippen LogP contribution < -0.4 is 5.32 Å². The van der Waals surface area contributed by atoms with Crippen LogP contribution in [0.25, 0.3) is 0 Å². The maximum absolute atomic E-state index is 13.3. The fraction of sp³-hybridized carbons (Fsp3) is 0.385. The Balaban J connectivity index is 2.09. The molecule has 20 heavy (non-hydrogen) atoms. The van der Waals surface area contributed by atoms with E-state index in [1.54, 1.807) is 18.2 Å². The predicted octanol–water partition coefficient (Wildman–Crippen LogP) is 1.53. The molecule has 0 aromatic heterocycles. The molecule has 1 aromatic rings. The Hall–Kier alpha value is -1.60. The van der Waals surface area contributed by atoms with E-state index in [9.17, 15) is 14.0 Å². The number of amides is 1. The van der Waals surface area contributed by atoms with Crippen LogP contribution in [0.3, 0.4) is 0 Å². The van der Waals surface area contributed by atoms with E-state index in [-0.39, 0.29) is 37.9 Å². The van der Waals surface area contributed by atoms with Crippen LogP contribution >= 0.6 is 11.8 Å². The monoisotopic (exact) mass is 301 g/mol. The molecule has 0 aliphatic heterocycles. The van der Waals surface area contributed by atoms with Gasteiger partial charge in [-0.25, -0.2) is 9.18 Å². The van der Waals surface area contributed by atoms with E-state index in [1.165, 1.54) is 17.8 Å². The van der Waals surface area contributed by atoms with Crippen molar-refractivity contribution in [3.05, 3.63) is 30.1 Å². The first-order chi connectivity index (χ1) is 9.59. The minimum Gasteiger partial charge on any atom is -0.480 e. The third-order valence-corrected chi connectivity index (χ3v) is 3.27. The van der Waals surface area contributed by atoms with Crippen molar-refractivity contribution in [2.75, 3.05) is 25.5 Å². The summed E-state index contributed by atoms with van der Waals surface area (Å²) in [5.74, 6) is -1.03. The molecule has 5 nitrogen and oxygen atoms in total. The maximum Gasteiger partial charge on any atom is 0.329 e. The van der Waals surface area contributed by atoms with Crippen LogP contribution in [-0.2, 0) is 14.3 Å². The van der Waals surface area contributed by atoms with Crippen molar-refractivity contribution in [3.8, 4) is 0 Å². The number of ether oxygens (including phenoxy) is 1. The summed E-state index contributed by atoms with van der Waals surface area (Å²) in [5, 5.41) is 10.9. The molecule has 0 unspecified atom stereocenters. The quantitative estimate of drug-likeness (QED) is 0.534. The molecule has 0 heterocycles. The van der Waals surface area contributed by atoms with Crippen LogP contribution in [0.4, 0.5) is 4.39 Å². The van der Waals surface area contributed by atoms with Gasteiger partial charge in [0, 0.05) is 23.6 Å². The zero-order chi connectivity index (χ0) is 14.8. The van der Waals surface area contributed by atoms with Gasteiger partial charge in [0.15, 0.2) is 0 Å². The average Bonchev–Trinajstić information content (AvgIpc) is 2.40. The van der Waals surface area contributed by atoms with E-state index >= 15 is 0 Å². The Bertz CT molecular complexity index is 456. The highest BCUT2D eigenvalue weighted by molar-refractivity contribution is 7.99. The van der Waals surface area contributed by atoms with E-state index in [2.05, 4.69) is 5.32 Å². The molecule has 7 heteroatoms. The molecule has 0 fully saturated rings. The summed E-state index contributed by atoms with van der Waals surface area (Å²) < 4.78 is 18.0. The van der Waals surface area contributed by atoms with Crippen LogP contribution in [-0.4, -0.2) is 42.5 Å². The number of rotatable bonds is 9. The van der Waals surface area contributed by atoms with Gasteiger partial charge in [-0.3, -0.25) is 4.79 Å². The Morgan fingerprint density at radius 2 is 2.10 bits per heavy atom. The lowest BCUT2D eigenvalue weighted by Gasteiger charge is -2.05. The fourth-order valence-corrected chi connectivity index (χ4v) is 2.21. The van der Waals surface area contributed by atoms with Gasteiger partial charge in [-0.2, -0.15) is 0 Å². The maximum atomic E-state index is 13.3. The first kappa shape index (κ1) is 16.5. The number of benzene rings is 1. The molecule has 0 saturated carbocycles. The van der Waals surface area contributed by atoms with Gasteiger partial charge in [0.2, 0.25) is 5.91 Å². The zero-order valence-corrected chi connectivity index (χ0v) is 11.6. The summed E-state index contributed by atoms with van der Waals surface area (Å²) in [6.45, 7) is 0.0357. The van der Waals surface area contributed by atoms with Crippen LogP contribution in [0.1, 0.15) is 6.42 Å². The van der Waals surface area contributed by atoms with Gasteiger partial charge in [-0.15, -0.1) is 11.8 Å². The summed E-state index contributed by atoms with van der Waals surface area (Å²) in [6, 6.07) is 6.40. The lowest BCUT2D eigenvalue weighted by Crippen LogP contribution is -2.28. The average molecular weight is 301 g/mol. The van der Waals surface area contributed by atoms with Crippen LogP contribution in [0.5, 0.6) is 0 Å². The number of carbonyl (C=O) groups excluding carboxylic acids is 1. The van der Waals surface area contributed by atoms with E-state index in [0.29, 0.717) is 10.6 Å². The van der Waals surface area contributed by atoms with Gasteiger partial charge in [-0.05, 0) is 12.1 Å². The number of thioether (sulfide) groups is 1. The standard InChI is InChI=1S/C13H16FNO4S/c14-10-3-1-2-4-11(10)20-8-5-12(16)15-6-7-19-9-13(17)18/h1-4H,5-9H2,(H,15,16)(H,17,18). The van der Waals surface area contributed by atoms with E-state index in [1.807, 2.05) is 0 Å². The number of carboxylic acid groups (broad SMARTS) is 1. The Morgan fingerprint density at radius 3 is 2.80 bits per heavy atom. The molecule has 1 amide bonds. The number of carboxylic acids is 1. The van der Waals surface area contributed by atoms with Crippen molar-refractivity contribution in [2.45, 2.75) is 11.3 Å². The Labute approximate surface area is 120 Å². The fourth-order valence-electron chi connectivity index (χ4n) is 1.33. The second kappa shape index (κ2) is 9.33. The van der Waals surface area contributed by atoms with Crippen molar-refractivity contribution < 1.29 is 23.8 Å². The smallest absolute Gasteiger partial charge is 0.329 e. The molecular weight excluding hydrogens is 285 g/mol. The van der Waals surface area contributed by atoms with E-state index in [4.69, 9.17) is 9.84 Å². The predicted molar refractivity (Wildman–Crippen MR) is 73.2 cm³/mol. The Kier molecular flexibility index (Phi) is 7.67. The van der Waals surface area contributed by atoms with Crippen molar-refractivity contribution in [1.29, 1.82) is 0 Å². The number of carbonyl (C=O) groups is 2. The number of hydrogen-bond donors (Lipinski definition) is 2. The molecule has 1 rings (SSSR count). The highest BCUT2D eigenvalue weighted by Gasteiger charge is 2.04. The second-order valence-corrected chi connectivity index (χ2v) is 4.96. The van der Waals surface area contributed by atoms with Crippen molar-refractivity contribution in [2.24, 2.45) is 0 Å². The summed E-state index contributed by atoms with van der Waals surface area (Å²) in [7, 11) is 0. The van der Waals surface area contributed by atoms with E-state index in [0.717, 1.165) is 0 Å². The molecule has 0 bridgehead atoms. The van der Waals surface area contributed by atoms with E-state index < -0.39 is 5.97 Å². The second-order valence-electron chi connectivity index (χ2n) is 3.83. The molecule has 0 aliphatic rings. The van der Waals surface area contributed by atoms with Gasteiger partial charge in [0.05, 0.1) is 6.61 Å². The summed E-state index contributed by atoms with van der Waals surface area (Å²) in [5.41, 5.74) is 0. The molecule has 0 atom stereocenters. The third-order valence-electron chi connectivity index (χ3n) is 2.22. The molecule has 0 radical (unpaired) electrons. The van der Waals surface area contributed by atoms with Crippen molar-refractivity contribution in [1.82, 2.24) is 5.32 Å². The summed E-state index contributed by atoms with van der Waals surface area (Å²) in [6.07, 6.45) is 0.262. The highest BCUT2D eigenvalue weighted by Crippen LogP contribution is 2.21. The van der Waals surface area contributed by atoms with Crippen molar-refractivity contribution in [3.63, 3.8) is 0 Å². The van der Waals surface area contributed by atoms with Gasteiger partial charge in [0.1, 0.15) is 12.4 Å². The molecular formula is C13H16FNO4S. The van der Waals surface area contributed by atoms with Crippen LogP contribution in [0, 0.1) is 5.82 Å². The SMILES string of the molecule is O=C(O)COCCNC(=O)CCSc1ccccc1F. The first-order valence-electron chi connectivity index (χ1n) is 6.03. The highest BCUT2D eigenvalue weighted by atomic mass is 32.2. The molecule has 110 valence electrons. The van der Waals surface area contributed by atoms with Gasteiger partial charge >= 0.3 is 5.97 Å². The van der Waals surface area contributed by atoms with Crippen LogP contribution in [0.2, 0.25) is 0 Å². The van der Waals surface area contributed by atoms with Crippen LogP contribution in [0.15, 0.2) is 29.2 Å². The topological polar surface area (TPSA) is 75.6 Å². The Morgan fingerprint density at radius 1 is 1.35 bits per heavy atom. The minimum absolute atomic E-state index is 0.151. The molecule has 0 saturated heterocycles. The number of halogens is 1. The molecule has 1 aromatic carbocycles. The number of aliphatic carboxylic acids is 1. The molecule has 0 aliphatic carbocycles. The number of hydrogen-bond acceptors (Lipinski definition) is 4. The zero-order valence-electron chi connectivity index (χ0n) is 10.8. The van der Waals surface area contributed by atoms with Gasteiger partial charge in [0.25, 0.3) is 0 Å². The lowest BCUT2D eigenvalue weighted by molar-refractivity contribution is -0.142.